The minimum atomic E-state index is -0.0233. The molecule has 3 N–H and O–H groups in total. The first kappa shape index (κ1) is 14.4. The minimum absolute atomic E-state index is 0. The number of hydrogen-bond acceptors (Lipinski definition) is 3. The standard InChI is InChI=1S/C10H16N2OS.ClH/c1-6(5-11)12-10(13)9-4-7(2)14-8(9)3;/h4,6H,5,11H2,1-3H3,(H,12,13);1H/t6-;/m1./s1. The fraction of sp³-hybridized carbons (Fsp3) is 0.500. The molecule has 0 radical (unpaired) electrons. The first-order valence-corrected chi connectivity index (χ1v) is 5.44. The lowest BCUT2D eigenvalue weighted by molar-refractivity contribution is 0.0941. The van der Waals surface area contributed by atoms with E-state index in [2.05, 4.69) is 5.32 Å². The number of nitrogens with two attached hydrogens (primary N) is 1. The van der Waals surface area contributed by atoms with E-state index < -0.39 is 0 Å². The molecule has 5 heteroatoms. The van der Waals surface area contributed by atoms with Gasteiger partial charge in [0.1, 0.15) is 0 Å². The van der Waals surface area contributed by atoms with Gasteiger partial charge >= 0.3 is 0 Å². The van der Waals surface area contributed by atoms with Gasteiger partial charge < -0.3 is 11.1 Å². The van der Waals surface area contributed by atoms with Gasteiger partial charge in [-0.25, -0.2) is 0 Å². The fourth-order valence-corrected chi connectivity index (χ4v) is 2.14. The summed E-state index contributed by atoms with van der Waals surface area (Å²) < 4.78 is 0. The van der Waals surface area contributed by atoms with E-state index in [-0.39, 0.29) is 24.4 Å². The largest absolute Gasteiger partial charge is 0.348 e. The third kappa shape index (κ3) is 3.81. The molecule has 0 unspecified atom stereocenters. The van der Waals surface area contributed by atoms with Gasteiger partial charge in [-0.15, -0.1) is 23.7 Å². The number of hydrogen-bond donors (Lipinski definition) is 2. The maximum atomic E-state index is 11.7. The van der Waals surface area contributed by atoms with Gasteiger partial charge in [-0.3, -0.25) is 4.79 Å². The van der Waals surface area contributed by atoms with Crippen LogP contribution in [0.2, 0.25) is 0 Å². The van der Waals surface area contributed by atoms with Gasteiger partial charge in [-0.2, -0.15) is 0 Å². The molecule has 1 amide bonds. The molecule has 0 saturated carbocycles. The summed E-state index contributed by atoms with van der Waals surface area (Å²) in [6.45, 7) is 6.32. The van der Waals surface area contributed by atoms with Crippen molar-refractivity contribution in [2.24, 2.45) is 5.73 Å². The lowest BCUT2D eigenvalue weighted by Gasteiger charge is -2.10. The van der Waals surface area contributed by atoms with Crippen molar-refractivity contribution < 1.29 is 4.79 Å². The van der Waals surface area contributed by atoms with E-state index in [4.69, 9.17) is 5.73 Å². The molecular formula is C10H17ClN2OS. The van der Waals surface area contributed by atoms with Crippen LogP contribution in [0.5, 0.6) is 0 Å². The van der Waals surface area contributed by atoms with E-state index in [0.29, 0.717) is 6.54 Å². The van der Waals surface area contributed by atoms with Gasteiger partial charge in [0.15, 0.2) is 0 Å². The molecule has 3 nitrogen and oxygen atoms in total. The molecule has 0 aliphatic carbocycles. The van der Waals surface area contributed by atoms with E-state index in [1.165, 1.54) is 0 Å². The van der Waals surface area contributed by atoms with Gasteiger partial charge in [0, 0.05) is 22.3 Å². The van der Waals surface area contributed by atoms with Crippen LogP contribution < -0.4 is 11.1 Å². The highest BCUT2D eigenvalue weighted by molar-refractivity contribution is 7.12. The molecular weight excluding hydrogens is 232 g/mol. The van der Waals surface area contributed by atoms with Crippen molar-refractivity contribution in [1.82, 2.24) is 5.32 Å². The quantitative estimate of drug-likeness (QED) is 0.858. The number of rotatable bonds is 3. The summed E-state index contributed by atoms with van der Waals surface area (Å²) in [5, 5.41) is 2.84. The van der Waals surface area contributed by atoms with Crippen molar-refractivity contribution in [3.8, 4) is 0 Å². The molecule has 0 aromatic carbocycles. The van der Waals surface area contributed by atoms with Crippen LogP contribution in [0.15, 0.2) is 6.07 Å². The molecule has 1 aromatic heterocycles. The summed E-state index contributed by atoms with van der Waals surface area (Å²) in [5.41, 5.74) is 6.20. The SMILES string of the molecule is Cc1cc(C(=O)N[C@H](C)CN)c(C)s1.Cl. The third-order valence-electron chi connectivity index (χ3n) is 2.02. The number of thiophene rings is 1. The summed E-state index contributed by atoms with van der Waals surface area (Å²) in [5.74, 6) is -0.0233. The van der Waals surface area contributed by atoms with Crippen molar-refractivity contribution in [3.63, 3.8) is 0 Å². The van der Waals surface area contributed by atoms with E-state index in [1.54, 1.807) is 11.3 Å². The average Bonchev–Trinajstić information content (AvgIpc) is 2.45. The van der Waals surface area contributed by atoms with Crippen LogP contribution in [0.1, 0.15) is 27.0 Å². The molecule has 0 bridgehead atoms. The molecule has 0 aliphatic rings. The van der Waals surface area contributed by atoms with Crippen molar-refractivity contribution in [2.75, 3.05) is 6.54 Å². The zero-order valence-electron chi connectivity index (χ0n) is 9.16. The molecule has 0 spiro atoms. The van der Waals surface area contributed by atoms with E-state index >= 15 is 0 Å². The summed E-state index contributed by atoms with van der Waals surface area (Å²) in [4.78, 5) is 13.9. The van der Waals surface area contributed by atoms with Crippen LogP contribution >= 0.6 is 23.7 Å². The summed E-state index contributed by atoms with van der Waals surface area (Å²) >= 11 is 1.64. The highest BCUT2D eigenvalue weighted by Gasteiger charge is 2.13. The van der Waals surface area contributed by atoms with Crippen molar-refractivity contribution in [1.29, 1.82) is 0 Å². The maximum absolute atomic E-state index is 11.7. The number of amides is 1. The second-order valence-corrected chi connectivity index (χ2v) is 4.90. The lowest BCUT2D eigenvalue weighted by Crippen LogP contribution is -2.37. The van der Waals surface area contributed by atoms with Crippen LogP contribution in [0.4, 0.5) is 0 Å². The first-order chi connectivity index (χ1) is 6.54. The summed E-state index contributed by atoms with van der Waals surface area (Å²) in [6.07, 6.45) is 0. The second kappa shape index (κ2) is 6.10. The Morgan fingerprint density at radius 1 is 1.60 bits per heavy atom. The van der Waals surface area contributed by atoms with Crippen molar-refractivity contribution >= 4 is 29.7 Å². The molecule has 86 valence electrons. The summed E-state index contributed by atoms with van der Waals surface area (Å²) in [7, 11) is 0. The zero-order chi connectivity index (χ0) is 10.7. The highest BCUT2D eigenvalue weighted by Crippen LogP contribution is 2.20. The van der Waals surface area contributed by atoms with Gasteiger partial charge in [-0.1, -0.05) is 0 Å². The lowest BCUT2D eigenvalue weighted by atomic mass is 10.2. The molecule has 15 heavy (non-hydrogen) atoms. The van der Waals surface area contributed by atoms with Crippen LogP contribution in [0.3, 0.4) is 0 Å². The minimum Gasteiger partial charge on any atom is -0.348 e. The van der Waals surface area contributed by atoms with Crippen LogP contribution in [-0.4, -0.2) is 18.5 Å². The Labute approximate surface area is 100 Å². The highest BCUT2D eigenvalue weighted by atomic mass is 35.5. The van der Waals surface area contributed by atoms with E-state index in [9.17, 15) is 4.79 Å². The predicted octanol–water partition coefficient (Wildman–Crippen LogP) is 1.86. The van der Waals surface area contributed by atoms with E-state index in [0.717, 1.165) is 15.3 Å². The number of nitrogens with one attached hydrogen (secondary N) is 1. The van der Waals surface area contributed by atoms with Crippen LogP contribution in [0, 0.1) is 13.8 Å². The predicted molar refractivity (Wildman–Crippen MR) is 67.0 cm³/mol. The Bertz CT molecular complexity index is 338. The topological polar surface area (TPSA) is 55.1 Å². The van der Waals surface area contributed by atoms with Crippen LogP contribution in [-0.2, 0) is 0 Å². The van der Waals surface area contributed by atoms with Crippen molar-refractivity contribution in [2.45, 2.75) is 26.8 Å². The smallest absolute Gasteiger partial charge is 0.252 e. The van der Waals surface area contributed by atoms with Gasteiger partial charge in [0.2, 0.25) is 0 Å². The number of carbonyl (C=O) groups excluding carboxylic acids is 1. The Hall–Kier alpha value is -0.580. The second-order valence-electron chi connectivity index (χ2n) is 3.44. The summed E-state index contributed by atoms with van der Waals surface area (Å²) in [6, 6.07) is 1.94. The third-order valence-corrected chi connectivity index (χ3v) is 2.98. The normalized spacial score (nSPS) is 11.7. The average molecular weight is 249 g/mol. The molecule has 0 aliphatic heterocycles. The first-order valence-electron chi connectivity index (χ1n) is 4.62. The Morgan fingerprint density at radius 2 is 2.20 bits per heavy atom. The molecule has 1 atom stereocenters. The Morgan fingerprint density at radius 3 is 2.60 bits per heavy atom. The molecule has 1 heterocycles. The Kier molecular flexibility index (Phi) is 5.87. The number of aryl methyl sites for hydroxylation is 2. The monoisotopic (exact) mass is 248 g/mol. The molecule has 0 saturated heterocycles. The zero-order valence-corrected chi connectivity index (χ0v) is 10.8. The number of carbonyl (C=O) groups is 1. The van der Waals surface area contributed by atoms with Crippen molar-refractivity contribution in [3.05, 3.63) is 21.4 Å². The Balaban J connectivity index is 0.00000196. The van der Waals surface area contributed by atoms with Crippen LogP contribution in [0.25, 0.3) is 0 Å². The van der Waals surface area contributed by atoms with Gasteiger partial charge in [0.05, 0.1) is 5.56 Å². The van der Waals surface area contributed by atoms with Gasteiger partial charge in [-0.05, 0) is 26.8 Å². The molecule has 0 fully saturated rings. The number of halogens is 1. The molecule has 1 aromatic rings. The molecule has 1 rings (SSSR count). The maximum Gasteiger partial charge on any atom is 0.252 e. The van der Waals surface area contributed by atoms with E-state index in [1.807, 2.05) is 26.8 Å². The van der Waals surface area contributed by atoms with Gasteiger partial charge in [0.25, 0.3) is 5.91 Å². The fourth-order valence-electron chi connectivity index (χ4n) is 1.22.